The summed E-state index contributed by atoms with van der Waals surface area (Å²) in [6.45, 7) is 6.24. The van der Waals surface area contributed by atoms with E-state index in [9.17, 15) is 14.9 Å². The van der Waals surface area contributed by atoms with Gasteiger partial charge in [-0.25, -0.2) is 14.8 Å². The second kappa shape index (κ2) is 8.03. The van der Waals surface area contributed by atoms with Gasteiger partial charge in [0.05, 0.1) is 0 Å². The van der Waals surface area contributed by atoms with Crippen molar-refractivity contribution >= 4 is 45.9 Å². The van der Waals surface area contributed by atoms with Crippen LogP contribution in [0.15, 0.2) is 18.8 Å². The SMILES string of the molecule is CCCn1c(=O)n(C)c(=O)c2c(Sc3snc(Cl)c3C#N)nc(C(C)C)nc21. The van der Waals surface area contributed by atoms with Gasteiger partial charge in [0.15, 0.2) is 10.8 Å². The van der Waals surface area contributed by atoms with Crippen molar-refractivity contribution in [3.63, 3.8) is 0 Å². The largest absolute Gasteiger partial charge is 0.332 e. The third-order valence-electron chi connectivity index (χ3n) is 4.05. The van der Waals surface area contributed by atoms with Crippen molar-refractivity contribution in [2.24, 2.45) is 7.05 Å². The molecule has 0 saturated carbocycles. The lowest BCUT2D eigenvalue weighted by Crippen LogP contribution is -2.39. The zero-order chi connectivity index (χ0) is 20.6. The maximum absolute atomic E-state index is 12.9. The van der Waals surface area contributed by atoms with Gasteiger partial charge >= 0.3 is 5.69 Å². The first-order chi connectivity index (χ1) is 13.3. The van der Waals surface area contributed by atoms with Crippen LogP contribution >= 0.6 is 34.9 Å². The number of hydrogen-bond acceptors (Lipinski definition) is 8. The van der Waals surface area contributed by atoms with Gasteiger partial charge in [0.2, 0.25) is 0 Å². The van der Waals surface area contributed by atoms with Crippen molar-refractivity contribution in [3.8, 4) is 6.07 Å². The van der Waals surface area contributed by atoms with Crippen molar-refractivity contribution in [3.05, 3.63) is 37.4 Å². The summed E-state index contributed by atoms with van der Waals surface area (Å²) in [6, 6.07) is 2.03. The summed E-state index contributed by atoms with van der Waals surface area (Å²) in [5.74, 6) is 0.500. The fourth-order valence-electron chi connectivity index (χ4n) is 2.62. The molecule has 0 radical (unpaired) electrons. The molecule has 0 aliphatic heterocycles. The number of aromatic nitrogens is 5. The zero-order valence-electron chi connectivity index (χ0n) is 15.7. The van der Waals surface area contributed by atoms with Crippen LogP contribution in [0.25, 0.3) is 11.0 Å². The monoisotopic (exact) mass is 436 g/mol. The molecular weight excluding hydrogens is 420 g/mol. The molecule has 0 bridgehead atoms. The normalized spacial score (nSPS) is 11.3. The number of nitriles is 1. The van der Waals surface area contributed by atoms with Crippen LogP contribution in [0.5, 0.6) is 0 Å². The van der Waals surface area contributed by atoms with E-state index in [0.717, 1.165) is 27.9 Å². The van der Waals surface area contributed by atoms with Crippen molar-refractivity contribution in [2.45, 2.75) is 48.9 Å². The highest BCUT2D eigenvalue weighted by molar-refractivity contribution is 8.01. The molecule has 0 fully saturated rings. The second-order valence-corrected chi connectivity index (χ2v) is 8.78. The summed E-state index contributed by atoms with van der Waals surface area (Å²) >= 11 is 8.19. The van der Waals surface area contributed by atoms with Crippen molar-refractivity contribution in [2.75, 3.05) is 0 Å². The molecule has 0 saturated heterocycles. The maximum Gasteiger partial charge on any atom is 0.332 e. The highest BCUT2D eigenvalue weighted by atomic mass is 35.5. The molecule has 28 heavy (non-hydrogen) atoms. The fourth-order valence-corrected chi connectivity index (χ4v) is 4.79. The predicted molar refractivity (Wildman–Crippen MR) is 109 cm³/mol. The molecule has 0 aliphatic carbocycles. The van der Waals surface area contributed by atoms with Crippen LogP contribution in [0.2, 0.25) is 5.15 Å². The van der Waals surface area contributed by atoms with Crippen LogP contribution in [0.4, 0.5) is 0 Å². The Balaban J connectivity index is 2.39. The topological polar surface area (TPSA) is 106 Å². The Bertz CT molecular complexity index is 1220. The predicted octanol–water partition coefficient (Wildman–Crippen LogP) is 3.16. The van der Waals surface area contributed by atoms with Gasteiger partial charge in [-0.1, -0.05) is 44.1 Å². The number of fused-ring (bicyclic) bond motifs is 1. The summed E-state index contributed by atoms with van der Waals surface area (Å²) < 4.78 is 7.10. The summed E-state index contributed by atoms with van der Waals surface area (Å²) in [5, 5.41) is 10.1. The van der Waals surface area contributed by atoms with Crippen LogP contribution < -0.4 is 11.2 Å². The van der Waals surface area contributed by atoms with Gasteiger partial charge in [0.25, 0.3) is 5.56 Å². The van der Waals surface area contributed by atoms with Crippen LogP contribution in [0.1, 0.15) is 44.5 Å². The molecule has 3 heterocycles. The van der Waals surface area contributed by atoms with E-state index in [1.54, 1.807) is 0 Å². The minimum atomic E-state index is -0.473. The van der Waals surface area contributed by atoms with Gasteiger partial charge in [-0.05, 0) is 18.0 Å². The molecule has 11 heteroatoms. The number of nitrogens with zero attached hydrogens (tertiary/aromatic N) is 6. The van der Waals surface area contributed by atoms with Gasteiger partial charge in [-0.2, -0.15) is 9.64 Å². The standard InChI is InChI=1S/C17H17ClN6O2S2/c1-5-6-24-13-10(15(25)23(4)17(24)26)14(21-12(20-13)8(2)3)27-16-9(7-19)11(18)22-28-16/h8H,5-6H2,1-4H3. The lowest BCUT2D eigenvalue weighted by atomic mass is 10.2. The molecule has 3 rings (SSSR count). The Labute approximate surface area is 174 Å². The van der Waals surface area contributed by atoms with E-state index >= 15 is 0 Å². The van der Waals surface area contributed by atoms with E-state index in [0.29, 0.717) is 33.7 Å². The Morgan fingerprint density at radius 1 is 1.32 bits per heavy atom. The van der Waals surface area contributed by atoms with Crippen LogP contribution in [-0.4, -0.2) is 23.5 Å². The smallest absolute Gasteiger partial charge is 0.277 e. The number of hydrogen-bond donors (Lipinski definition) is 0. The van der Waals surface area contributed by atoms with Crippen molar-refractivity contribution in [1.29, 1.82) is 5.26 Å². The molecule has 3 aromatic heterocycles. The summed E-state index contributed by atoms with van der Waals surface area (Å²) in [6.07, 6.45) is 0.708. The highest BCUT2D eigenvalue weighted by Crippen LogP contribution is 2.38. The molecule has 8 nitrogen and oxygen atoms in total. The summed E-state index contributed by atoms with van der Waals surface area (Å²) in [5.41, 5.74) is -0.333. The average Bonchev–Trinajstić information content (AvgIpc) is 3.02. The Hall–Kier alpha value is -2.22. The van der Waals surface area contributed by atoms with E-state index in [4.69, 9.17) is 11.6 Å². The minimum Gasteiger partial charge on any atom is -0.277 e. The molecule has 146 valence electrons. The maximum atomic E-state index is 12.9. The zero-order valence-corrected chi connectivity index (χ0v) is 18.1. The molecule has 0 atom stereocenters. The van der Waals surface area contributed by atoms with Crippen LogP contribution in [0.3, 0.4) is 0 Å². The van der Waals surface area contributed by atoms with Crippen molar-refractivity contribution < 1.29 is 0 Å². The van der Waals surface area contributed by atoms with Gasteiger partial charge in [-0.3, -0.25) is 13.9 Å². The van der Waals surface area contributed by atoms with Crippen LogP contribution in [-0.2, 0) is 13.6 Å². The van der Waals surface area contributed by atoms with E-state index in [2.05, 4.69) is 14.3 Å². The summed E-state index contributed by atoms with van der Waals surface area (Å²) in [7, 11) is 1.44. The molecule has 0 unspecified atom stereocenters. The molecule has 3 aromatic rings. The Morgan fingerprint density at radius 3 is 2.64 bits per heavy atom. The second-order valence-electron chi connectivity index (χ2n) is 6.39. The van der Waals surface area contributed by atoms with Crippen LogP contribution in [0, 0.1) is 11.3 Å². The molecule has 0 amide bonds. The Kier molecular flexibility index (Phi) is 5.88. The quantitative estimate of drug-likeness (QED) is 0.565. The van der Waals surface area contributed by atoms with E-state index in [-0.39, 0.29) is 22.0 Å². The van der Waals surface area contributed by atoms with E-state index in [1.807, 2.05) is 26.8 Å². The van der Waals surface area contributed by atoms with E-state index < -0.39 is 11.2 Å². The molecule has 0 N–H and O–H groups in total. The van der Waals surface area contributed by atoms with E-state index in [1.165, 1.54) is 11.6 Å². The number of rotatable bonds is 5. The lowest BCUT2D eigenvalue weighted by molar-refractivity contribution is 0.603. The number of aryl methyl sites for hydroxylation is 1. The number of halogens is 1. The third kappa shape index (κ3) is 3.45. The molecule has 0 aliphatic rings. The van der Waals surface area contributed by atoms with Gasteiger partial charge in [-0.15, -0.1) is 0 Å². The first-order valence-electron chi connectivity index (χ1n) is 8.54. The lowest BCUT2D eigenvalue weighted by Gasteiger charge is -2.14. The fraction of sp³-hybridized carbons (Fsp3) is 0.412. The minimum absolute atomic E-state index is 0.0153. The molecule has 0 spiro atoms. The van der Waals surface area contributed by atoms with Gasteiger partial charge < -0.3 is 0 Å². The highest BCUT2D eigenvalue weighted by Gasteiger charge is 2.22. The third-order valence-corrected chi connectivity index (χ3v) is 6.42. The molecule has 0 aromatic carbocycles. The molecular formula is C17H17ClN6O2S2. The van der Waals surface area contributed by atoms with Gasteiger partial charge in [0, 0.05) is 19.5 Å². The Morgan fingerprint density at radius 2 is 2.04 bits per heavy atom. The summed E-state index contributed by atoms with van der Waals surface area (Å²) in [4.78, 5) is 34.6. The average molecular weight is 437 g/mol. The first-order valence-corrected chi connectivity index (χ1v) is 10.5. The first kappa shape index (κ1) is 20.5. The van der Waals surface area contributed by atoms with Gasteiger partial charge in [0.1, 0.15) is 32.1 Å². The van der Waals surface area contributed by atoms with Crippen molar-refractivity contribution in [1.82, 2.24) is 23.5 Å².